The fraction of sp³-hybridized carbons (Fsp3) is 0.308. The molecule has 0 heterocycles. The minimum absolute atomic E-state index is 0.0717. The molecule has 18 heavy (non-hydrogen) atoms. The summed E-state index contributed by atoms with van der Waals surface area (Å²) in [6.07, 6.45) is 0.151. The fourth-order valence-electron chi connectivity index (χ4n) is 1.33. The van der Waals surface area contributed by atoms with Crippen LogP contribution in [-0.2, 0) is 4.79 Å². The van der Waals surface area contributed by atoms with Crippen molar-refractivity contribution in [2.45, 2.75) is 6.42 Å². The summed E-state index contributed by atoms with van der Waals surface area (Å²) in [6.45, 7) is 0.0890. The predicted octanol–water partition coefficient (Wildman–Crippen LogP) is 1.33. The number of ether oxygens (including phenoxy) is 1. The highest BCUT2D eigenvalue weighted by Gasteiger charge is 2.12. The summed E-state index contributed by atoms with van der Waals surface area (Å²) in [7, 11) is 0. The van der Waals surface area contributed by atoms with Crippen LogP contribution in [-0.4, -0.2) is 30.5 Å². The molecule has 0 saturated heterocycles. The first-order valence-corrected chi connectivity index (χ1v) is 5.47. The summed E-state index contributed by atoms with van der Waals surface area (Å²) >= 11 is 0. The maximum atomic E-state index is 11.7. The van der Waals surface area contributed by atoms with Gasteiger partial charge in [-0.3, -0.25) is 4.79 Å². The molecule has 0 unspecified atom stereocenters. The van der Waals surface area contributed by atoms with E-state index in [1.807, 2.05) is 30.3 Å². The first-order valence-electron chi connectivity index (χ1n) is 5.47. The Hall–Kier alpha value is -2.53. The van der Waals surface area contributed by atoms with Crippen LogP contribution in [0.2, 0.25) is 0 Å². The van der Waals surface area contributed by atoms with Crippen molar-refractivity contribution in [1.82, 2.24) is 4.90 Å². The molecule has 0 fully saturated rings. The number of nitrogens with zero attached hydrogens (tertiary/aromatic N) is 3. The molecular formula is C13H13N3O2. The molecular weight excluding hydrogens is 230 g/mol. The summed E-state index contributed by atoms with van der Waals surface area (Å²) in [5.41, 5.74) is 0. The van der Waals surface area contributed by atoms with Crippen molar-refractivity contribution in [3.63, 3.8) is 0 Å². The van der Waals surface area contributed by atoms with Crippen molar-refractivity contribution < 1.29 is 9.53 Å². The normalized spacial score (nSPS) is 9.00. The van der Waals surface area contributed by atoms with E-state index in [4.69, 9.17) is 15.3 Å². The van der Waals surface area contributed by atoms with Crippen LogP contribution in [0.25, 0.3) is 0 Å². The van der Waals surface area contributed by atoms with Crippen LogP contribution < -0.4 is 4.74 Å². The Morgan fingerprint density at radius 2 is 1.78 bits per heavy atom. The summed E-state index contributed by atoms with van der Waals surface area (Å²) < 4.78 is 5.37. The lowest BCUT2D eigenvalue weighted by atomic mass is 10.3. The molecule has 5 heteroatoms. The van der Waals surface area contributed by atoms with Gasteiger partial charge < -0.3 is 9.64 Å². The zero-order valence-electron chi connectivity index (χ0n) is 9.87. The van der Waals surface area contributed by atoms with E-state index in [-0.39, 0.29) is 32.0 Å². The van der Waals surface area contributed by atoms with Crippen molar-refractivity contribution in [3.8, 4) is 17.9 Å². The van der Waals surface area contributed by atoms with Crippen molar-refractivity contribution in [2.75, 3.05) is 19.7 Å². The van der Waals surface area contributed by atoms with Gasteiger partial charge in [-0.25, -0.2) is 0 Å². The first-order chi connectivity index (χ1) is 8.77. The smallest absolute Gasteiger partial charge is 0.227 e. The maximum Gasteiger partial charge on any atom is 0.227 e. The highest BCUT2D eigenvalue weighted by Crippen LogP contribution is 2.08. The molecule has 1 rings (SSSR count). The third-order valence-electron chi connectivity index (χ3n) is 2.20. The number of amides is 1. The van der Waals surface area contributed by atoms with Gasteiger partial charge in [0.1, 0.15) is 18.8 Å². The van der Waals surface area contributed by atoms with E-state index in [1.54, 1.807) is 12.1 Å². The maximum absolute atomic E-state index is 11.7. The number of para-hydroxylation sites is 1. The Morgan fingerprint density at radius 1 is 1.17 bits per heavy atom. The lowest BCUT2D eigenvalue weighted by Gasteiger charge is -2.15. The van der Waals surface area contributed by atoms with Gasteiger partial charge in [-0.2, -0.15) is 10.5 Å². The van der Waals surface area contributed by atoms with Crippen LogP contribution in [0.15, 0.2) is 30.3 Å². The molecule has 0 aliphatic carbocycles. The van der Waals surface area contributed by atoms with E-state index in [0.29, 0.717) is 5.75 Å². The van der Waals surface area contributed by atoms with Gasteiger partial charge in [0.25, 0.3) is 0 Å². The van der Waals surface area contributed by atoms with E-state index < -0.39 is 0 Å². The highest BCUT2D eigenvalue weighted by molar-refractivity contribution is 5.76. The minimum atomic E-state index is -0.256. The lowest BCUT2D eigenvalue weighted by Crippen LogP contribution is -2.32. The second-order valence-corrected chi connectivity index (χ2v) is 3.48. The molecule has 0 aliphatic rings. The average Bonchev–Trinajstić information content (AvgIpc) is 2.39. The van der Waals surface area contributed by atoms with E-state index in [0.717, 1.165) is 0 Å². The van der Waals surface area contributed by atoms with Crippen LogP contribution in [0, 0.1) is 22.7 Å². The molecule has 1 aromatic rings. The van der Waals surface area contributed by atoms with E-state index in [2.05, 4.69) is 0 Å². The van der Waals surface area contributed by atoms with Crippen molar-refractivity contribution in [2.24, 2.45) is 0 Å². The Balaban J connectivity index is 2.36. The molecule has 1 aromatic carbocycles. The molecule has 0 spiro atoms. The summed E-state index contributed by atoms with van der Waals surface area (Å²) in [5.74, 6) is 0.437. The SMILES string of the molecule is N#CCN(CC#N)C(=O)CCOc1ccccc1. The number of hydrogen-bond donors (Lipinski definition) is 0. The summed E-state index contributed by atoms with van der Waals surface area (Å²) in [6, 6.07) is 12.9. The first kappa shape index (κ1) is 13.5. The molecule has 92 valence electrons. The van der Waals surface area contributed by atoms with Crippen molar-refractivity contribution in [1.29, 1.82) is 10.5 Å². The van der Waals surface area contributed by atoms with E-state index in [9.17, 15) is 4.79 Å². The molecule has 5 nitrogen and oxygen atoms in total. The van der Waals surface area contributed by atoms with Gasteiger partial charge in [-0.05, 0) is 12.1 Å². The Labute approximate surface area is 106 Å². The van der Waals surface area contributed by atoms with Gasteiger partial charge in [0, 0.05) is 0 Å². The van der Waals surface area contributed by atoms with E-state index >= 15 is 0 Å². The van der Waals surface area contributed by atoms with Gasteiger partial charge in [-0.1, -0.05) is 18.2 Å². The molecule has 0 N–H and O–H groups in total. The molecule has 0 atom stereocenters. The zero-order chi connectivity index (χ0) is 13.2. The van der Waals surface area contributed by atoms with Gasteiger partial charge in [-0.15, -0.1) is 0 Å². The Morgan fingerprint density at radius 3 is 2.33 bits per heavy atom. The van der Waals surface area contributed by atoms with Crippen molar-refractivity contribution >= 4 is 5.91 Å². The monoisotopic (exact) mass is 243 g/mol. The van der Waals surface area contributed by atoms with Crippen LogP contribution in [0.5, 0.6) is 5.75 Å². The second-order valence-electron chi connectivity index (χ2n) is 3.48. The fourth-order valence-corrected chi connectivity index (χ4v) is 1.33. The third-order valence-corrected chi connectivity index (χ3v) is 2.20. The number of rotatable bonds is 6. The predicted molar refractivity (Wildman–Crippen MR) is 64.4 cm³/mol. The Kier molecular flexibility index (Phi) is 5.79. The quantitative estimate of drug-likeness (QED) is 0.706. The second kappa shape index (κ2) is 7.70. The van der Waals surface area contributed by atoms with Crippen LogP contribution in [0.1, 0.15) is 6.42 Å². The lowest BCUT2D eigenvalue weighted by molar-refractivity contribution is -0.130. The van der Waals surface area contributed by atoms with Gasteiger partial charge in [0.15, 0.2) is 0 Å². The van der Waals surface area contributed by atoms with Gasteiger partial charge >= 0.3 is 0 Å². The molecule has 0 aliphatic heterocycles. The summed E-state index contributed by atoms with van der Waals surface area (Å²) in [4.78, 5) is 12.9. The number of nitriles is 2. The number of hydrogen-bond acceptors (Lipinski definition) is 4. The van der Waals surface area contributed by atoms with Crippen LogP contribution in [0.3, 0.4) is 0 Å². The minimum Gasteiger partial charge on any atom is -0.493 e. The highest BCUT2D eigenvalue weighted by atomic mass is 16.5. The zero-order valence-corrected chi connectivity index (χ0v) is 9.87. The Bertz CT molecular complexity index is 443. The van der Waals surface area contributed by atoms with Gasteiger partial charge in [0.05, 0.1) is 25.2 Å². The van der Waals surface area contributed by atoms with Crippen LogP contribution in [0.4, 0.5) is 0 Å². The molecule has 0 radical (unpaired) electrons. The molecule has 1 amide bonds. The number of carbonyl (C=O) groups is 1. The van der Waals surface area contributed by atoms with Crippen LogP contribution >= 0.6 is 0 Å². The van der Waals surface area contributed by atoms with E-state index in [1.165, 1.54) is 4.90 Å². The number of carbonyl (C=O) groups excluding carboxylic acids is 1. The molecule has 0 aromatic heterocycles. The topological polar surface area (TPSA) is 77.1 Å². The average molecular weight is 243 g/mol. The van der Waals surface area contributed by atoms with Crippen molar-refractivity contribution in [3.05, 3.63) is 30.3 Å². The largest absolute Gasteiger partial charge is 0.493 e. The third kappa shape index (κ3) is 4.54. The standard InChI is InChI=1S/C13H13N3O2/c14-7-9-16(10-8-15)13(17)6-11-18-12-4-2-1-3-5-12/h1-5H,6,9-11H2. The molecule has 0 saturated carbocycles. The number of benzene rings is 1. The summed E-state index contributed by atoms with van der Waals surface area (Å²) in [5, 5.41) is 17.1. The van der Waals surface area contributed by atoms with Gasteiger partial charge in [0.2, 0.25) is 5.91 Å². The molecule has 0 bridgehead atoms.